The van der Waals surface area contributed by atoms with E-state index in [4.69, 9.17) is 4.52 Å². The van der Waals surface area contributed by atoms with Crippen molar-refractivity contribution in [3.8, 4) is 0 Å². The summed E-state index contributed by atoms with van der Waals surface area (Å²) in [4.78, 5) is 11.9. The Labute approximate surface area is 129 Å². The number of nitrogens with zero attached hydrogens (tertiary/aromatic N) is 1. The van der Waals surface area contributed by atoms with Crippen molar-refractivity contribution in [2.24, 2.45) is 0 Å². The number of rotatable bonds is 5. The zero-order chi connectivity index (χ0) is 16.1. The van der Waals surface area contributed by atoms with Gasteiger partial charge in [-0.3, -0.25) is 4.79 Å². The normalized spacial score (nSPS) is 11.5. The number of amides is 1. The zero-order valence-corrected chi connectivity index (χ0v) is 12.9. The van der Waals surface area contributed by atoms with Crippen LogP contribution in [-0.4, -0.2) is 17.6 Å². The second-order valence-corrected chi connectivity index (χ2v) is 5.18. The Morgan fingerprint density at radius 1 is 1.41 bits per heavy atom. The summed E-state index contributed by atoms with van der Waals surface area (Å²) in [6.07, 6.45) is 2.14. The number of allylic oxidation sites excluding steroid dienone is 1. The first-order valence-corrected chi connectivity index (χ1v) is 7.11. The zero-order valence-electron chi connectivity index (χ0n) is 12.9. The van der Waals surface area contributed by atoms with Gasteiger partial charge in [0.15, 0.2) is 0 Å². The van der Waals surface area contributed by atoms with Crippen molar-refractivity contribution < 1.29 is 13.7 Å². The van der Waals surface area contributed by atoms with E-state index >= 15 is 0 Å². The highest BCUT2D eigenvalue weighted by Crippen LogP contribution is 2.15. The SMILES string of the molecule is C/C(=C\C(=O)NCCc1c(C)noc1C)c1cccc(F)c1. The van der Waals surface area contributed by atoms with E-state index in [1.165, 1.54) is 18.2 Å². The molecular weight excluding hydrogens is 283 g/mol. The molecule has 0 aliphatic heterocycles. The molecule has 0 saturated carbocycles. The fourth-order valence-corrected chi connectivity index (χ4v) is 2.23. The first kappa shape index (κ1) is 15.9. The Kier molecular flexibility index (Phi) is 5.09. The molecule has 116 valence electrons. The number of hydrogen-bond acceptors (Lipinski definition) is 3. The van der Waals surface area contributed by atoms with Crippen molar-refractivity contribution in [2.75, 3.05) is 6.54 Å². The quantitative estimate of drug-likeness (QED) is 0.863. The van der Waals surface area contributed by atoms with Crippen molar-refractivity contribution in [1.82, 2.24) is 10.5 Å². The molecule has 0 unspecified atom stereocenters. The molecule has 1 N–H and O–H groups in total. The Morgan fingerprint density at radius 2 is 2.18 bits per heavy atom. The Hall–Kier alpha value is -2.43. The second-order valence-electron chi connectivity index (χ2n) is 5.18. The van der Waals surface area contributed by atoms with Crippen LogP contribution in [0.5, 0.6) is 0 Å². The van der Waals surface area contributed by atoms with E-state index in [0.717, 1.165) is 17.0 Å². The molecule has 0 aliphatic rings. The Morgan fingerprint density at radius 3 is 2.82 bits per heavy atom. The van der Waals surface area contributed by atoms with E-state index < -0.39 is 0 Å². The smallest absolute Gasteiger partial charge is 0.244 e. The number of hydrogen-bond donors (Lipinski definition) is 1. The topological polar surface area (TPSA) is 55.1 Å². The lowest BCUT2D eigenvalue weighted by molar-refractivity contribution is -0.116. The molecule has 0 radical (unpaired) electrons. The predicted octanol–water partition coefficient (Wildman–Crippen LogP) is 3.19. The summed E-state index contributed by atoms with van der Waals surface area (Å²) in [5.74, 6) is 0.260. The molecule has 0 spiro atoms. The average molecular weight is 302 g/mol. The van der Waals surface area contributed by atoms with Gasteiger partial charge in [-0.2, -0.15) is 0 Å². The number of benzene rings is 1. The van der Waals surface area contributed by atoms with Gasteiger partial charge in [0.2, 0.25) is 5.91 Å². The fourth-order valence-electron chi connectivity index (χ4n) is 2.23. The van der Waals surface area contributed by atoms with Crippen LogP contribution in [0.25, 0.3) is 5.57 Å². The molecule has 4 nitrogen and oxygen atoms in total. The summed E-state index contributed by atoms with van der Waals surface area (Å²) in [6, 6.07) is 6.17. The first-order valence-electron chi connectivity index (χ1n) is 7.11. The Bertz CT molecular complexity index is 685. The lowest BCUT2D eigenvalue weighted by Crippen LogP contribution is -2.24. The van der Waals surface area contributed by atoms with E-state index in [-0.39, 0.29) is 11.7 Å². The lowest BCUT2D eigenvalue weighted by Gasteiger charge is -2.04. The van der Waals surface area contributed by atoms with Gasteiger partial charge in [-0.25, -0.2) is 4.39 Å². The van der Waals surface area contributed by atoms with Crippen LogP contribution in [0.1, 0.15) is 29.5 Å². The molecule has 1 aromatic heterocycles. The van der Waals surface area contributed by atoms with Gasteiger partial charge in [-0.1, -0.05) is 17.3 Å². The van der Waals surface area contributed by atoms with Crippen molar-refractivity contribution in [1.29, 1.82) is 0 Å². The molecule has 0 fully saturated rings. The number of aromatic nitrogens is 1. The van der Waals surface area contributed by atoms with E-state index in [2.05, 4.69) is 10.5 Å². The van der Waals surface area contributed by atoms with Crippen LogP contribution in [0.2, 0.25) is 0 Å². The van der Waals surface area contributed by atoms with Crippen LogP contribution in [0, 0.1) is 19.7 Å². The summed E-state index contributed by atoms with van der Waals surface area (Å²) in [7, 11) is 0. The minimum Gasteiger partial charge on any atom is -0.361 e. The summed E-state index contributed by atoms with van der Waals surface area (Å²) < 4.78 is 18.2. The number of nitrogens with one attached hydrogen (secondary N) is 1. The molecule has 1 heterocycles. The third kappa shape index (κ3) is 4.04. The standard InChI is InChI=1S/C17H19FN2O2/c1-11(14-5-4-6-15(18)10-14)9-17(21)19-8-7-16-12(2)20-22-13(16)3/h4-6,9-10H,7-8H2,1-3H3,(H,19,21)/b11-9+. The van der Waals surface area contributed by atoms with Crippen LogP contribution in [0.4, 0.5) is 4.39 Å². The van der Waals surface area contributed by atoms with Gasteiger partial charge in [0.1, 0.15) is 11.6 Å². The molecule has 1 amide bonds. The highest BCUT2D eigenvalue weighted by Gasteiger charge is 2.09. The molecular formula is C17H19FN2O2. The van der Waals surface area contributed by atoms with Gasteiger partial charge in [0, 0.05) is 18.2 Å². The predicted molar refractivity (Wildman–Crippen MR) is 82.7 cm³/mol. The molecule has 5 heteroatoms. The highest BCUT2D eigenvalue weighted by atomic mass is 19.1. The number of halogens is 1. The third-order valence-electron chi connectivity index (χ3n) is 3.48. The largest absolute Gasteiger partial charge is 0.361 e. The highest BCUT2D eigenvalue weighted by molar-refractivity contribution is 5.94. The molecule has 1 aromatic carbocycles. The van der Waals surface area contributed by atoms with Gasteiger partial charge in [-0.15, -0.1) is 0 Å². The summed E-state index contributed by atoms with van der Waals surface area (Å²) >= 11 is 0. The maximum Gasteiger partial charge on any atom is 0.244 e. The van der Waals surface area contributed by atoms with E-state index in [0.29, 0.717) is 24.1 Å². The summed E-state index contributed by atoms with van der Waals surface area (Å²) in [5, 5.41) is 6.69. The molecule has 2 aromatic rings. The molecule has 0 saturated heterocycles. The maximum atomic E-state index is 13.2. The van der Waals surface area contributed by atoms with E-state index in [1.54, 1.807) is 19.1 Å². The summed E-state index contributed by atoms with van der Waals surface area (Å²) in [6.45, 7) is 6.00. The Balaban J connectivity index is 1.91. The third-order valence-corrected chi connectivity index (χ3v) is 3.48. The van der Waals surface area contributed by atoms with Crippen LogP contribution >= 0.6 is 0 Å². The molecule has 0 bridgehead atoms. The van der Waals surface area contributed by atoms with Gasteiger partial charge >= 0.3 is 0 Å². The van der Waals surface area contributed by atoms with Crippen molar-refractivity contribution >= 4 is 11.5 Å². The van der Waals surface area contributed by atoms with E-state index in [1.807, 2.05) is 13.8 Å². The lowest BCUT2D eigenvalue weighted by atomic mass is 10.1. The molecule has 0 atom stereocenters. The van der Waals surface area contributed by atoms with Gasteiger partial charge in [0.25, 0.3) is 0 Å². The van der Waals surface area contributed by atoms with Crippen LogP contribution < -0.4 is 5.32 Å². The second kappa shape index (κ2) is 7.02. The van der Waals surface area contributed by atoms with Gasteiger partial charge in [-0.05, 0) is 50.5 Å². The number of carbonyl (C=O) groups excluding carboxylic acids is 1. The van der Waals surface area contributed by atoms with E-state index in [9.17, 15) is 9.18 Å². The fraction of sp³-hybridized carbons (Fsp3) is 0.294. The average Bonchev–Trinajstić information content (AvgIpc) is 2.79. The molecule has 22 heavy (non-hydrogen) atoms. The van der Waals surface area contributed by atoms with Gasteiger partial charge in [0.05, 0.1) is 5.69 Å². The number of carbonyl (C=O) groups is 1. The maximum absolute atomic E-state index is 13.2. The van der Waals surface area contributed by atoms with Crippen molar-refractivity contribution in [2.45, 2.75) is 27.2 Å². The van der Waals surface area contributed by atoms with Gasteiger partial charge < -0.3 is 9.84 Å². The number of aryl methyl sites for hydroxylation is 2. The van der Waals surface area contributed by atoms with Crippen molar-refractivity contribution in [3.05, 3.63) is 58.7 Å². The van der Waals surface area contributed by atoms with Crippen LogP contribution in [0.3, 0.4) is 0 Å². The minimum atomic E-state index is -0.316. The molecule has 0 aliphatic carbocycles. The summed E-state index contributed by atoms with van der Waals surface area (Å²) in [5.41, 5.74) is 3.28. The van der Waals surface area contributed by atoms with Crippen LogP contribution in [0.15, 0.2) is 34.9 Å². The van der Waals surface area contributed by atoms with Crippen molar-refractivity contribution in [3.63, 3.8) is 0 Å². The van der Waals surface area contributed by atoms with Crippen LogP contribution in [-0.2, 0) is 11.2 Å². The first-order chi connectivity index (χ1) is 10.5. The monoisotopic (exact) mass is 302 g/mol. The molecule has 2 rings (SSSR count). The minimum absolute atomic E-state index is 0.200.